The van der Waals surface area contributed by atoms with Crippen molar-refractivity contribution in [2.24, 2.45) is 0 Å². The van der Waals surface area contributed by atoms with Crippen LogP contribution in [-0.4, -0.2) is 44.3 Å². The number of rotatable bonds is 12. The van der Waals surface area contributed by atoms with E-state index in [-0.39, 0.29) is 17.3 Å². The fraction of sp³-hybridized carbons (Fsp3) is 0.333. The van der Waals surface area contributed by atoms with Gasteiger partial charge in [-0.25, -0.2) is 8.42 Å². The van der Waals surface area contributed by atoms with Crippen LogP contribution in [0.4, 0.5) is 5.69 Å². The number of nitrogens with one attached hydrogen (secondary N) is 1. The molecule has 7 nitrogen and oxygen atoms in total. The van der Waals surface area contributed by atoms with Gasteiger partial charge in [-0.1, -0.05) is 73.4 Å². The van der Waals surface area contributed by atoms with Crippen LogP contribution >= 0.6 is 23.2 Å². The number of carbonyl (C=O) groups excluding carboxylic acids is 2. The zero-order valence-electron chi connectivity index (χ0n) is 23.2. The molecule has 0 heterocycles. The molecule has 0 fully saturated rings. The first kappa shape index (κ1) is 31.5. The van der Waals surface area contributed by atoms with Gasteiger partial charge < -0.3 is 10.2 Å². The summed E-state index contributed by atoms with van der Waals surface area (Å²) in [4.78, 5) is 28.8. The van der Waals surface area contributed by atoms with Crippen molar-refractivity contribution in [3.8, 4) is 0 Å². The van der Waals surface area contributed by atoms with Crippen molar-refractivity contribution in [3.63, 3.8) is 0 Å². The van der Waals surface area contributed by atoms with Crippen LogP contribution in [0.1, 0.15) is 43.4 Å². The van der Waals surface area contributed by atoms with Crippen molar-refractivity contribution in [3.05, 3.63) is 93.5 Å². The second-order valence-electron chi connectivity index (χ2n) is 9.59. The van der Waals surface area contributed by atoms with Gasteiger partial charge in [0.1, 0.15) is 12.6 Å². The van der Waals surface area contributed by atoms with Gasteiger partial charge in [0.05, 0.1) is 10.6 Å². The maximum absolute atomic E-state index is 14.1. The summed E-state index contributed by atoms with van der Waals surface area (Å²) in [6, 6.07) is 17.5. The Kier molecular flexibility index (Phi) is 11.0. The molecule has 0 spiro atoms. The predicted molar refractivity (Wildman–Crippen MR) is 161 cm³/mol. The highest BCUT2D eigenvalue weighted by atomic mass is 35.5. The molecule has 10 heteroatoms. The molecule has 0 aliphatic rings. The molecule has 3 aromatic rings. The van der Waals surface area contributed by atoms with Gasteiger partial charge in [0.25, 0.3) is 10.0 Å². The summed E-state index contributed by atoms with van der Waals surface area (Å²) in [7, 11) is -4.13. The number of hydrogen-bond donors (Lipinski definition) is 1. The Labute approximate surface area is 247 Å². The maximum Gasteiger partial charge on any atom is 0.264 e. The van der Waals surface area contributed by atoms with Crippen LogP contribution in [0.2, 0.25) is 10.0 Å². The number of sulfonamides is 1. The van der Waals surface area contributed by atoms with E-state index in [2.05, 4.69) is 5.32 Å². The monoisotopic (exact) mass is 603 g/mol. The van der Waals surface area contributed by atoms with E-state index in [0.717, 1.165) is 16.3 Å². The highest BCUT2D eigenvalue weighted by Gasteiger charge is 2.34. The third-order valence-corrected chi connectivity index (χ3v) is 8.90. The molecule has 3 rings (SSSR count). The molecule has 3 aromatic carbocycles. The number of halogens is 2. The maximum atomic E-state index is 14.1. The summed E-state index contributed by atoms with van der Waals surface area (Å²) in [6.45, 7) is 7.35. The first-order chi connectivity index (χ1) is 19.0. The number of hydrogen-bond acceptors (Lipinski definition) is 4. The van der Waals surface area contributed by atoms with E-state index in [1.165, 1.54) is 17.0 Å². The molecule has 0 aliphatic carbocycles. The smallest absolute Gasteiger partial charge is 0.264 e. The third-order valence-electron chi connectivity index (χ3n) is 6.53. The highest BCUT2D eigenvalue weighted by molar-refractivity contribution is 7.92. The van der Waals surface area contributed by atoms with Crippen molar-refractivity contribution in [2.45, 2.75) is 58.0 Å². The lowest BCUT2D eigenvalue weighted by Crippen LogP contribution is -2.52. The molecule has 1 atom stereocenters. The second kappa shape index (κ2) is 14.0. The van der Waals surface area contributed by atoms with Crippen molar-refractivity contribution in [1.29, 1.82) is 0 Å². The van der Waals surface area contributed by atoms with Crippen molar-refractivity contribution >= 4 is 50.7 Å². The fourth-order valence-electron chi connectivity index (χ4n) is 4.34. The van der Waals surface area contributed by atoms with Gasteiger partial charge in [-0.2, -0.15) is 0 Å². The number of benzene rings is 3. The van der Waals surface area contributed by atoms with Gasteiger partial charge in [0.15, 0.2) is 0 Å². The first-order valence-corrected chi connectivity index (χ1v) is 15.3. The van der Waals surface area contributed by atoms with Gasteiger partial charge in [0, 0.05) is 23.1 Å². The van der Waals surface area contributed by atoms with Gasteiger partial charge in [0.2, 0.25) is 11.8 Å². The molecule has 0 bridgehead atoms. The van der Waals surface area contributed by atoms with E-state index in [1.807, 2.05) is 32.9 Å². The van der Waals surface area contributed by atoms with Crippen LogP contribution in [0.5, 0.6) is 0 Å². The van der Waals surface area contributed by atoms with E-state index in [1.54, 1.807) is 49.4 Å². The minimum atomic E-state index is -4.13. The Morgan fingerprint density at radius 3 is 2.27 bits per heavy atom. The largest absolute Gasteiger partial charge is 0.354 e. The molecule has 0 radical (unpaired) electrons. The van der Waals surface area contributed by atoms with Crippen LogP contribution < -0.4 is 9.62 Å². The van der Waals surface area contributed by atoms with Crippen molar-refractivity contribution in [2.75, 3.05) is 17.4 Å². The summed E-state index contributed by atoms with van der Waals surface area (Å²) in [5.41, 5.74) is 2.52. The van der Waals surface area contributed by atoms with E-state index in [4.69, 9.17) is 23.2 Å². The topological polar surface area (TPSA) is 86.8 Å². The summed E-state index contributed by atoms with van der Waals surface area (Å²) >= 11 is 12.5. The molecule has 2 amide bonds. The molecular formula is C30H35Cl2N3O4S. The van der Waals surface area contributed by atoms with Crippen molar-refractivity contribution < 1.29 is 18.0 Å². The Morgan fingerprint density at radius 2 is 1.65 bits per heavy atom. The summed E-state index contributed by atoms with van der Waals surface area (Å²) in [5.74, 6) is -0.850. The summed E-state index contributed by atoms with van der Waals surface area (Å²) in [5, 5.41) is 3.65. The molecular weight excluding hydrogens is 569 g/mol. The highest BCUT2D eigenvalue weighted by Crippen LogP contribution is 2.29. The summed E-state index contributed by atoms with van der Waals surface area (Å²) < 4.78 is 29.0. The van der Waals surface area contributed by atoms with Gasteiger partial charge in [-0.3, -0.25) is 13.9 Å². The molecule has 1 unspecified atom stereocenters. The Morgan fingerprint density at radius 1 is 0.950 bits per heavy atom. The number of amides is 2. The van der Waals surface area contributed by atoms with Crippen molar-refractivity contribution in [1.82, 2.24) is 10.2 Å². The molecule has 0 saturated heterocycles. The van der Waals surface area contributed by atoms with Gasteiger partial charge >= 0.3 is 0 Å². The molecule has 214 valence electrons. The van der Waals surface area contributed by atoms with Crippen LogP contribution in [-0.2, 0) is 26.2 Å². The van der Waals surface area contributed by atoms with E-state index < -0.39 is 28.5 Å². The Hall–Kier alpha value is -3.07. The minimum Gasteiger partial charge on any atom is -0.354 e. The van der Waals surface area contributed by atoms with Gasteiger partial charge in [-0.05, 0) is 73.7 Å². The summed E-state index contributed by atoms with van der Waals surface area (Å²) in [6.07, 6.45) is 1.05. The van der Waals surface area contributed by atoms with E-state index in [0.29, 0.717) is 39.8 Å². The average molecular weight is 605 g/mol. The second-order valence-corrected chi connectivity index (χ2v) is 12.3. The number of anilines is 1. The lowest BCUT2D eigenvalue weighted by Gasteiger charge is -2.33. The average Bonchev–Trinajstić information content (AvgIpc) is 2.93. The Bertz CT molecular complexity index is 1450. The zero-order valence-corrected chi connectivity index (χ0v) is 25.5. The van der Waals surface area contributed by atoms with E-state index in [9.17, 15) is 18.0 Å². The number of nitrogens with zero attached hydrogens (tertiary/aromatic N) is 2. The zero-order chi connectivity index (χ0) is 29.4. The fourth-order valence-corrected chi connectivity index (χ4v) is 6.30. The van der Waals surface area contributed by atoms with E-state index >= 15 is 0 Å². The normalized spacial score (nSPS) is 12.1. The van der Waals surface area contributed by atoms with Gasteiger partial charge in [-0.15, -0.1) is 0 Å². The number of carbonyl (C=O) groups is 2. The lowest BCUT2D eigenvalue weighted by atomic mass is 10.1. The third kappa shape index (κ3) is 7.56. The molecule has 0 saturated carbocycles. The quantitative estimate of drug-likeness (QED) is 0.269. The predicted octanol–water partition coefficient (Wildman–Crippen LogP) is 6.14. The first-order valence-electron chi connectivity index (χ1n) is 13.2. The SMILES string of the molecule is CCCNC(=O)C(CC)N(Cc1ccc(Cl)cc1Cl)C(=O)CN(c1cc(C)ccc1C)S(=O)(=O)c1ccccc1. The van der Waals surface area contributed by atoms with Crippen LogP contribution in [0.25, 0.3) is 0 Å². The molecule has 40 heavy (non-hydrogen) atoms. The lowest BCUT2D eigenvalue weighted by molar-refractivity contribution is -0.140. The van der Waals surface area contributed by atoms with Crippen LogP contribution in [0.15, 0.2) is 71.6 Å². The molecule has 1 N–H and O–H groups in total. The number of aryl methyl sites for hydroxylation is 2. The Balaban J connectivity index is 2.10. The minimum absolute atomic E-state index is 0.00108. The van der Waals surface area contributed by atoms with Crippen LogP contribution in [0.3, 0.4) is 0 Å². The molecule has 0 aromatic heterocycles. The molecule has 0 aliphatic heterocycles. The standard InChI is InChI=1S/C30H35Cl2N3O4S/c1-5-16-33-30(37)27(6-2)34(19-23-14-15-24(31)18-26(23)32)29(36)20-35(28-17-21(3)12-13-22(28)4)40(38,39)25-10-8-7-9-11-25/h7-15,17-18,27H,5-6,16,19-20H2,1-4H3,(H,33,37). The van der Waals surface area contributed by atoms with Crippen LogP contribution in [0, 0.1) is 13.8 Å².